The summed E-state index contributed by atoms with van der Waals surface area (Å²) in [5.41, 5.74) is -0.0156. The average molecular weight is 139 g/mol. The minimum absolute atomic E-state index is 0.0156. The molecule has 10 heavy (non-hydrogen) atoms. The Bertz CT molecular complexity index is 192. The number of carboxylic acids is 1. The van der Waals surface area contributed by atoms with Crippen molar-refractivity contribution < 1.29 is 9.90 Å². The Morgan fingerprint density at radius 1 is 1.70 bits per heavy atom. The van der Waals surface area contributed by atoms with Gasteiger partial charge in [-0.05, 0) is 6.92 Å². The van der Waals surface area contributed by atoms with Gasteiger partial charge in [-0.3, -0.25) is 4.99 Å². The first kappa shape index (κ1) is 8.62. The van der Waals surface area contributed by atoms with Gasteiger partial charge in [-0.25, -0.2) is 4.79 Å². The number of hydrogen-bond acceptors (Lipinski definition) is 2. The number of aliphatic carboxylic acids is 1. The van der Waals surface area contributed by atoms with Gasteiger partial charge in [-0.1, -0.05) is 12.7 Å². The summed E-state index contributed by atoms with van der Waals surface area (Å²) < 4.78 is 0. The Kier molecular flexibility index (Phi) is 3.87. The molecule has 0 aliphatic heterocycles. The van der Waals surface area contributed by atoms with Gasteiger partial charge < -0.3 is 5.11 Å². The van der Waals surface area contributed by atoms with Gasteiger partial charge in [-0.15, -0.1) is 0 Å². The van der Waals surface area contributed by atoms with E-state index in [-0.39, 0.29) is 5.57 Å². The third-order valence-corrected chi connectivity index (χ3v) is 0.740. The van der Waals surface area contributed by atoms with E-state index in [0.717, 1.165) is 0 Å². The summed E-state index contributed by atoms with van der Waals surface area (Å²) in [6.07, 6.45) is 4.39. The molecule has 0 unspecified atom stereocenters. The predicted molar refractivity (Wildman–Crippen MR) is 40.1 cm³/mol. The van der Waals surface area contributed by atoms with Crippen LogP contribution in [0.3, 0.4) is 0 Å². The predicted octanol–water partition coefficient (Wildman–Crippen LogP) is 1.23. The summed E-state index contributed by atoms with van der Waals surface area (Å²) in [6.45, 7) is 5.04. The molecule has 3 heteroatoms. The topological polar surface area (TPSA) is 49.7 Å². The van der Waals surface area contributed by atoms with Crippen molar-refractivity contribution in [3.8, 4) is 0 Å². The van der Waals surface area contributed by atoms with Crippen LogP contribution in [0.15, 0.2) is 29.4 Å². The molecule has 0 fully saturated rings. The molecule has 0 saturated carbocycles. The third-order valence-electron chi connectivity index (χ3n) is 0.740. The molecule has 0 aromatic carbocycles. The molecule has 0 aliphatic carbocycles. The summed E-state index contributed by atoms with van der Waals surface area (Å²) in [6, 6.07) is 0. The molecule has 0 saturated heterocycles. The average Bonchev–Trinajstić information content (AvgIpc) is 1.88. The Labute approximate surface area is 59.4 Å². The van der Waals surface area contributed by atoms with Crippen LogP contribution in [0.4, 0.5) is 0 Å². The van der Waals surface area contributed by atoms with Crippen molar-refractivity contribution in [3.63, 3.8) is 0 Å². The highest BCUT2D eigenvalue weighted by molar-refractivity contribution is 6.07. The lowest BCUT2D eigenvalue weighted by Crippen LogP contribution is -1.98. The van der Waals surface area contributed by atoms with Crippen LogP contribution in [0.25, 0.3) is 0 Å². The number of rotatable bonds is 3. The molecule has 0 atom stereocenters. The van der Waals surface area contributed by atoms with Gasteiger partial charge in [-0.2, -0.15) is 0 Å². The van der Waals surface area contributed by atoms with Crippen LogP contribution >= 0.6 is 0 Å². The van der Waals surface area contributed by atoms with E-state index in [4.69, 9.17) is 5.11 Å². The van der Waals surface area contributed by atoms with Crippen LogP contribution in [-0.4, -0.2) is 17.3 Å². The molecule has 3 nitrogen and oxygen atoms in total. The van der Waals surface area contributed by atoms with Crippen LogP contribution in [-0.2, 0) is 4.79 Å². The summed E-state index contributed by atoms with van der Waals surface area (Å²) in [7, 11) is 0. The molecule has 0 heterocycles. The molecule has 0 rings (SSSR count). The van der Waals surface area contributed by atoms with Gasteiger partial charge in [0.2, 0.25) is 0 Å². The highest BCUT2D eigenvalue weighted by Crippen LogP contribution is 1.84. The number of carboxylic acid groups (broad SMARTS) is 1. The number of carbonyl (C=O) groups is 1. The second-order valence-corrected chi connectivity index (χ2v) is 1.59. The smallest absolute Gasteiger partial charge is 0.336 e. The van der Waals surface area contributed by atoms with E-state index in [0.29, 0.717) is 0 Å². The lowest BCUT2D eigenvalue weighted by molar-refractivity contribution is -0.131. The first-order valence-electron chi connectivity index (χ1n) is 2.75. The molecule has 0 bridgehead atoms. The van der Waals surface area contributed by atoms with Crippen molar-refractivity contribution in [3.05, 3.63) is 24.4 Å². The maximum absolute atomic E-state index is 10.1. The van der Waals surface area contributed by atoms with Gasteiger partial charge >= 0.3 is 5.97 Å². The van der Waals surface area contributed by atoms with Gasteiger partial charge in [0, 0.05) is 12.4 Å². The molecule has 0 aromatic heterocycles. The van der Waals surface area contributed by atoms with Gasteiger partial charge in [0.15, 0.2) is 0 Å². The first-order chi connectivity index (χ1) is 4.68. The maximum atomic E-state index is 10.1. The number of aliphatic imine (C=N–C) groups is 1. The van der Waals surface area contributed by atoms with Gasteiger partial charge in [0.05, 0.1) is 5.57 Å². The van der Waals surface area contributed by atoms with Crippen molar-refractivity contribution in [2.75, 3.05) is 0 Å². The van der Waals surface area contributed by atoms with Crippen molar-refractivity contribution in [2.24, 2.45) is 4.99 Å². The summed E-state index contributed by atoms with van der Waals surface area (Å²) in [5, 5.41) is 8.27. The fourth-order valence-corrected chi connectivity index (χ4v) is 0.274. The molecule has 0 radical (unpaired) electrons. The zero-order valence-electron chi connectivity index (χ0n) is 5.74. The SMILES string of the molecule is C=C(C=N/C=C\C)C(=O)O. The fraction of sp³-hybridized carbons (Fsp3) is 0.143. The molecule has 1 N–H and O–H groups in total. The Balaban J connectivity index is 3.90. The van der Waals surface area contributed by atoms with Crippen LogP contribution in [0.2, 0.25) is 0 Å². The standard InChI is InChI=1S/C7H9NO2/c1-3-4-8-5-6(2)7(9)10/h3-5H,2H2,1H3,(H,9,10)/b4-3-,8-5?. The van der Waals surface area contributed by atoms with E-state index >= 15 is 0 Å². The molecule has 0 aromatic rings. The first-order valence-corrected chi connectivity index (χ1v) is 2.75. The van der Waals surface area contributed by atoms with Gasteiger partial charge in [0.1, 0.15) is 0 Å². The maximum Gasteiger partial charge on any atom is 0.336 e. The van der Waals surface area contributed by atoms with E-state index in [1.54, 1.807) is 13.0 Å². The number of hydrogen-bond donors (Lipinski definition) is 1. The normalized spacial score (nSPS) is 10.9. The van der Waals surface area contributed by atoms with Crippen molar-refractivity contribution in [1.82, 2.24) is 0 Å². The Morgan fingerprint density at radius 2 is 2.30 bits per heavy atom. The molecule has 0 amide bonds. The van der Waals surface area contributed by atoms with E-state index in [9.17, 15) is 4.79 Å². The third kappa shape index (κ3) is 3.60. The summed E-state index contributed by atoms with van der Waals surface area (Å²) in [5.74, 6) is -1.05. The van der Waals surface area contributed by atoms with Crippen LogP contribution in [0, 0.1) is 0 Å². The Morgan fingerprint density at radius 3 is 2.70 bits per heavy atom. The highest BCUT2D eigenvalue weighted by Gasteiger charge is 1.96. The second kappa shape index (κ2) is 4.49. The van der Waals surface area contributed by atoms with E-state index < -0.39 is 5.97 Å². The number of allylic oxidation sites excluding steroid dienone is 1. The lowest BCUT2D eigenvalue weighted by Gasteiger charge is -1.84. The minimum atomic E-state index is -1.05. The fourth-order valence-electron chi connectivity index (χ4n) is 0.274. The van der Waals surface area contributed by atoms with Crippen molar-refractivity contribution >= 4 is 12.2 Å². The largest absolute Gasteiger partial charge is 0.478 e. The van der Waals surface area contributed by atoms with Gasteiger partial charge in [0.25, 0.3) is 0 Å². The van der Waals surface area contributed by atoms with E-state index in [2.05, 4.69) is 11.6 Å². The van der Waals surface area contributed by atoms with Crippen LogP contribution in [0.5, 0.6) is 0 Å². The van der Waals surface area contributed by atoms with Crippen LogP contribution < -0.4 is 0 Å². The van der Waals surface area contributed by atoms with Crippen molar-refractivity contribution in [1.29, 1.82) is 0 Å². The second-order valence-electron chi connectivity index (χ2n) is 1.59. The zero-order chi connectivity index (χ0) is 7.98. The minimum Gasteiger partial charge on any atom is -0.478 e. The monoisotopic (exact) mass is 139 g/mol. The molecule has 0 spiro atoms. The molecule has 0 aliphatic rings. The Hall–Kier alpha value is -1.38. The number of nitrogens with zero attached hydrogens (tertiary/aromatic N) is 1. The molecular weight excluding hydrogens is 130 g/mol. The van der Waals surface area contributed by atoms with Crippen molar-refractivity contribution in [2.45, 2.75) is 6.92 Å². The lowest BCUT2D eigenvalue weighted by atomic mass is 10.3. The zero-order valence-corrected chi connectivity index (χ0v) is 5.74. The summed E-state index contributed by atoms with van der Waals surface area (Å²) >= 11 is 0. The quantitative estimate of drug-likeness (QED) is 0.472. The van der Waals surface area contributed by atoms with E-state index in [1.807, 2.05) is 0 Å². The van der Waals surface area contributed by atoms with Crippen LogP contribution in [0.1, 0.15) is 6.92 Å². The molecular formula is C7H9NO2. The van der Waals surface area contributed by atoms with E-state index in [1.165, 1.54) is 12.4 Å². The highest BCUT2D eigenvalue weighted by atomic mass is 16.4. The molecule has 54 valence electrons. The summed E-state index contributed by atoms with van der Waals surface area (Å²) in [4.78, 5) is 13.7.